The van der Waals surface area contributed by atoms with E-state index in [1.165, 1.54) is 12.8 Å². The third kappa shape index (κ3) is 3.53. The van der Waals surface area contributed by atoms with Crippen LogP contribution >= 0.6 is 24.8 Å². The molecule has 0 saturated carbocycles. The van der Waals surface area contributed by atoms with Gasteiger partial charge in [0.05, 0.1) is 0 Å². The number of allylic oxidation sites excluding steroid dienone is 8. The molecule has 76 valence electrons. The molecule has 0 nitrogen and oxygen atoms in total. The van der Waals surface area contributed by atoms with Crippen molar-refractivity contribution in [3.05, 3.63) is 42.5 Å². The van der Waals surface area contributed by atoms with Crippen LogP contribution in [0.1, 0.15) is 19.8 Å². The fourth-order valence-corrected chi connectivity index (χ4v) is 4.66. The van der Waals surface area contributed by atoms with Gasteiger partial charge in [-0.15, -0.1) is 24.8 Å². The van der Waals surface area contributed by atoms with Crippen LogP contribution in [0.15, 0.2) is 42.5 Å². The summed E-state index contributed by atoms with van der Waals surface area (Å²) in [7, 11) is 0. The van der Waals surface area contributed by atoms with Crippen molar-refractivity contribution in [2.24, 2.45) is 0 Å². The molecule has 0 heterocycles. The van der Waals surface area contributed by atoms with Gasteiger partial charge in [-0.3, -0.25) is 0 Å². The van der Waals surface area contributed by atoms with Crippen LogP contribution in [-0.4, -0.2) is 0 Å². The molecule has 0 aromatic rings. The summed E-state index contributed by atoms with van der Waals surface area (Å²) in [6.45, 7) is 2.25. The van der Waals surface area contributed by atoms with Gasteiger partial charge in [0.15, 0.2) is 0 Å². The summed E-state index contributed by atoms with van der Waals surface area (Å²) in [5.41, 5.74) is 1.55. The summed E-state index contributed by atoms with van der Waals surface area (Å²) < 4.78 is 3.50. The van der Waals surface area contributed by atoms with Crippen molar-refractivity contribution in [1.29, 1.82) is 0 Å². The topological polar surface area (TPSA) is 0 Å². The molecular weight excluding hydrogens is 294 g/mol. The van der Waals surface area contributed by atoms with E-state index in [0.29, 0.717) is 0 Å². The van der Waals surface area contributed by atoms with E-state index in [-0.39, 0.29) is 48.0 Å². The average Bonchev–Trinajstić information content (AvgIpc) is 2.65. The molecule has 3 heteroatoms. The van der Waals surface area contributed by atoms with E-state index in [2.05, 4.69) is 37.3 Å². The standard InChI is InChI=1S/C6H7.C5H5.2ClH.Zr/c1-6-4-2-3-5-6;1-2-4-5-3-1;;;/h2,4H,3H2,1H3;1-3H,4H2;2*1H;. The van der Waals surface area contributed by atoms with Crippen LogP contribution in [0.4, 0.5) is 0 Å². The SMILES string of the molecule is CC1=[C]([Zr][C]2=CC=CC2)CC=C1.Cl.Cl. The molecular formula is C11H14Cl2Zr. The molecule has 0 radical (unpaired) electrons. The van der Waals surface area contributed by atoms with Gasteiger partial charge in [-0.2, -0.15) is 0 Å². The molecule has 2 aliphatic carbocycles. The Morgan fingerprint density at radius 3 is 2.43 bits per heavy atom. The van der Waals surface area contributed by atoms with Gasteiger partial charge in [0.2, 0.25) is 0 Å². The van der Waals surface area contributed by atoms with Crippen molar-refractivity contribution in [3.8, 4) is 0 Å². The molecule has 0 aromatic carbocycles. The molecule has 2 aliphatic rings. The molecule has 0 saturated heterocycles. The monoisotopic (exact) mass is 306 g/mol. The second kappa shape index (κ2) is 6.82. The molecule has 0 unspecified atom stereocenters. The minimum atomic E-state index is -0.348. The maximum Gasteiger partial charge on any atom is -0.147 e. The summed E-state index contributed by atoms with van der Waals surface area (Å²) in [4.78, 5) is 0. The van der Waals surface area contributed by atoms with Crippen molar-refractivity contribution < 1.29 is 23.2 Å². The summed E-state index contributed by atoms with van der Waals surface area (Å²) in [5.74, 6) is 0. The van der Waals surface area contributed by atoms with E-state index in [1.807, 2.05) is 0 Å². The van der Waals surface area contributed by atoms with Crippen LogP contribution in [0, 0.1) is 0 Å². The van der Waals surface area contributed by atoms with E-state index in [4.69, 9.17) is 0 Å². The predicted octanol–water partition coefficient (Wildman–Crippen LogP) is 3.99. The molecule has 0 spiro atoms. The summed E-state index contributed by atoms with van der Waals surface area (Å²) in [6, 6.07) is 0. The molecule has 0 fully saturated rings. The molecule has 0 amide bonds. The Labute approximate surface area is 110 Å². The van der Waals surface area contributed by atoms with E-state index in [1.54, 1.807) is 12.1 Å². The Kier molecular flexibility index (Phi) is 7.03. The van der Waals surface area contributed by atoms with E-state index in [0.717, 1.165) is 0 Å². The molecule has 0 aliphatic heterocycles. The van der Waals surface area contributed by atoms with E-state index >= 15 is 0 Å². The van der Waals surface area contributed by atoms with Gasteiger partial charge in [0.1, 0.15) is 0 Å². The van der Waals surface area contributed by atoms with Gasteiger partial charge in [-0.25, -0.2) is 0 Å². The van der Waals surface area contributed by atoms with Crippen LogP contribution < -0.4 is 0 Å². The normalized spacial score (nSPS) is 17.6. The first-order chi connectivity index (χ1) is 5.86. The van der Waals surface area contributed by atoms with Gasteiger partial charge in [0.25, 0.3) is 0 Å². The van der Waals surface area contributed by atoms with Crippen molar-refractivity contribution in [1.82, 2.24) is 0 Å². The van der Waals surface area contributed by atoms with Crippen LogP contribution in [0.2, 0.25) is 0 Å². The first kappa shape index (κ1) is 14.4. The van der Waals surface area contributed by atoms with Crippen LogP contribution in [-0.2, 0) is 23.2 Å². The van der Waals surface area contributed by atoms with Crippen molar-refractivity contribution in [2.75, 3.05) is 0 Å². The van der Waals surface area contributed by atoms with Gasteiger partial charge >= 0.3 is 85.5 Å². The molecule has 0 atom stereocenters. The maximum absolute atomic E-state index is 2.32. The molecule has 0 N–H and O–H groups in total. The minimum Gasteiger partial charge on any atom is -0.147 e. The summed E-state index contributed by atoms with van der Waals surface area (Å²) in [5, 5.41) is 0. The van der Waals surface area contributed by atoms with Crippen LogP contribution in [0.25, 0.3) is 0 Å². The maximum atomic E-state index is 2.32. The Morgan fingerprint density at radius 1 is 1.14 bits per heavy atom. The Balaban J connectivity index is 0.000000845. The summed E-state index contributed by atoms with van der Waals surface area (Å²) >= 11 is -0.348. The second-order valence-electron chi connectivity index (χ2n) is 3.22. The quantitative estimate of drug-likeness (QED) is 0.723. The fourth-order valence-electron chi connectivity index (χ4n) is 1.50. The average molecular weight is 308 g/mol. The largest absolute Gasteiger partial charge is 0.147 e. The van der Waals surface area contributed by atoms with Gasteiger partial charge in [0, 0.05) is 0 Å². The van der Waals surface area contributed by atoms with Crippen LogP contribution in [0.3, 0.4) is 0 Å². The molecule has 0 bridgehead atoms. The Bertz CT molecular complexity index is 311. The smallest absolute Gasteiger partial charge is 0.147 e. The van der Waals surface area contributed by atoms with Crippen molar-refractivity contribution in [3.63, 3.8) is 0 Å². The van der Waals surface area contributed by atoms with Gasteiger partial charge in [-0.05, 0) is 0 Å². The zero-order valence-corrected chi connectivity index (χ0v) is 12.2. The number of rotatable bonds is 2. The minimum absolute atomic E-state index is 0. The Morgan fingerprint density at radius 2 is 1.93 bits per heavy atom. The van der Waals surface area contributed by atoms with Gasteiger partial charge < -0.3 is 0 Å². The molecule has 2 rings (SSSR count). The van der Waals surface area contributed by atoms with E-state index in [9.17, 15) is 0 Å². The second-order valence-corrected chi connectivity index (χ2v) is 6.89. The van der Waals surface area contributed by atoms with E-state index < -0.39 is 0 Å². The number of hydrogen-bond acceptors (Lipinski definition) is 0. The zero-order valence-electron chi connectivity index (χ0n) is 8.12. The van der Waals surface area contributed by atoms with Crippen molar-refractivity contribution in [2.45, 2.75) is 19.8 Å². The molecule has 14 heavy (non-hydrogen) atoms. The van der Waals surface area contributed by atoms with Crippen LogP contribution in [0.5, 0.6) is 0 Å². The third-order valence-electron chi connectivity index (χ3n) is 2.25. The Hall–Kier alpha value is 0.423. The summed E-state index contributed by atoms with van der Waals surface area (Å²) in [6.07, 6.45) is 13.9. The zero-order chi connectivity index (χ0) is 8.39. The molecule has 0 aromatic heterocycles. The first-order valence-corrected chi connectivity index (χ1v) is 6.81. The first-order valence-electron chi connectivity index (χ1n) is 4.35. The fraction of sp³-hybridized carbons (Fsp3) is 0.273. The van der Waals surface area contributed by atoms with Crippen molar-refractivity contribution >= 4 is 24.8 Å². The number of hydrogen-bond donors (Lipinski definition) is 0. The predicted molar refractivity (Wildman–Crippen MR) is 62.8 cm³/mol. The van der Waals surface area contributed by atoms with Gasteiger partial charge in [-0.1, -0.05) is 0 Å². The third-order valence-corrected chi connectivity index (χ3v) is 6.16. The number of halogens is 2.